The first-order valence-corrected chi connectivity index (χ1v) is 6.74. The van der Waals surface area contributed by atoms with E-state index in [4.69, 9.17) is 11.6 Å². The molecule has 1 fully saturated rings. The van der Waals surface area contributed by atoms with Gasteiger partial charge in [0, 0.05) is 30.1 Å². The van der Waals surface area contributed by atoms with Crippen LogP contribution in [0.5, 0.6) is 0 Å². The maximum absolute atomic E-state index is 11.1. The van der Waals surface area contributed by atoms with Crippen molar-refractivity contribution in [2.45, 2.75) is 25.9 Å². The van der Waals surface area contributed by atoms with E-state index in [-0.39, 0.29) is 11.6 Å². The van der Waals surface area contributed by atoms with Gasteiger partial charge >= 0.3 is 0 Å². The summed E-state index contributed by atoms with van der Waals surface area (Å²) in [6, 6.07) is 4.73. The number of aliphatic hydroxyl groups is 1. The van der Waals surface area contributed by atoms with Crippen LogP contribution in [-0.2, 0) is 0 Å². The second-order valence-electron chi connectivity index (χ2n) is 4.98. The molecule has 2 atom stereocenters. The van der Waals surface area contributed by atoms with Crippen LogP contribution in [0.2, 0.25) is 5.02 Å². The Morgan fingerprint density at radius 2 is 2.32 bits per heavy atom. The summed E-state index contributed by atoms with van der Waals surface area (Å²) in [4.78, 5) is 12.7. The molecule has 1 aromatic carbocycles. The lowest BCUT2D eigenvalue weighted by atomic mass is 9.93. The van der Waals surface area contributed by atoms with E-state index in [1.54, 1.807) is 19.1 Å². The fourth-order valence-electron chi connectivity index (χ4n) is 2.53. The third-order valence-electron chi connectivity index (χ3n) is 3.61. The summed E-state index contributed by atoms with van der Waals surface area (Å²) in [7, 11) is 0. The molecule has 1 heterocycles. The van der Waals surface area contributed by atoms with E-state index in [0.29, 0.717) is 17.3 Å². The largest absolute Gasteiger partial charge is 0.393 e. The number of halogens is 1. The lowest BCUT2D eigenvalue weighted by molar-refractivity contribution is -0.384. The van der Waals surface area contributed by atoms with Crippen molar-refractivity contribution in [2.24, 2.45) is 5.92 Å². The molecule has 0 spiro atoms. The highest BCUT2D eigenvalue weighted by molar-refractivity contribution is 6.30. The average Bonchev–Trinajstić information content (AvgIpc) is 2.38. The minimum absolute atomic E-state index is 0.0266. The number of aliphatic hydroxyl groups excluding tert-OH is 1. The molecule has 0 radical (unpaired) electrons. The highest BCUT2D eigenvalue weighted by Gasteiger charge is 2.27. The van der Waals surface area contributed by atoms with Crippen molar-refractivity contribution in [3.63, 3.8) is 0 Å². The van der Waals surface area contributed by atoms with E-state index in [1.807, 2.05) is 4.90 Å². The Hall–Kier alpha value is -1.33. The topological polar surface area (TPSA) is 66.6 Å². The summed E-state index contributed by atoms with van der Waals surface area (Å²) in [5.41, 5.74) is 0.610. The third-order valence-corrected chi connectivity index (χ3v) is 3.85. The van der Waals surface area contributed by atoms with Crippen LogP contribution >= 0.6 is 11.6 Å². The standard InChI is InChI=1S/C13H17ClN2O3/c1-9(17)10-3-2-6-15(8-10)12-5-4-11(14)7-13(12)16(18)19/h4-5,7,9-10,17H,2-3,6,8H2,1H3. The Balaban J connectivity index is 2.28. The SMILES string of the molecule is CC(O)C1CCCN(c2ccc(Cl)cc2[N+](=O)[O-])C1. The van der Waals surface area contributed by atoms with Gasteiger partial charge in [0.15, 0.2) is 0 Å². The van der Waals surface area contributed by atoms with Crippen molar-refractivity contribution in [2.75, 3.05) is 18.0 Å². The van der Waals surface area contributed by atoms with Gasteiger partial charge in [-0.25, -0.2) is 0 Å². The summed E-state index contributed by atoms with van der Waals surface area (Å²) in [6.07, 6.45) is 1.49. The van der Waals surface area contributed by atoms with Crippen molar-refractivity contribution in [3.05, 3.63) is 33.3 Å². The maximum Gasteiger partial charge on any atom is 0.294 e. The number of benzene rings is 1. The quantitative estimate of drug-likeness (QED) is 0.685. The van der Waals surface area contributed by atoms with Crippen LogP contribution in [0.15, 0.2) is 18.2 Å². The Morgan fingerprint density at radius 1 is 1.58 bits per heavy atom. The zero-order chi connectivity index (χ0) is 14.0. The Bertz CT molecular complexity index is 479. The molecule has 1 aliphatic heterocycles. The second-order valence-corrected chi connectivity index (χ2v) is 5.42. The molecule has 0 bridgehead atoms. The molecule has 0 saturated carbocycles. The fourth-order valence-corrected chi connectivity index (χ4v) is 2.70. The van der Waals surface area contributed by atoms with Crippen LogP contribution in [0.3, 0.4) is 0 Å². The van der Waals surface area contributed by atoms with Gasteiger partial charge < -0.3 is 10.0 Å². The molecule has 0 aliphatic carbocycles. The zero-order valence-corrected chi connectivity index (χ0v) is 11.5. The molecule has 5 nitrogen and oxygen atoms in total. The first kappa shape index (κ1) is 14.1. The van der Waals surface area contributed by atoms with Gasteiger partial charge in [-0.05, 0) is 31.9 Å². The van der Waals surface area contributed by atoms with Crippen LogP contribution in [0.4, 0.5) is 11.4 Å². The number of piperidine rings is 1. The zero-order valence-electron chi connectivity index (χ0n) is 10.8. The van der Waals surface area contributed by atoms with Gasteiger partial charge in [0.05, 0.1) is 11.0 Å². The van der Waals surface area contributed by atoms with Crippen LogP contribution in [-0.4, -0.2) is 29.2 Å². The van der Waals surface area contributed by atoms with Crippen LogP contribution in [0, 0.1) is 16.0 Å². The fraction of sp³-hybridized carbons (Fsp3) is 0.538. The summed E-state index contributed by atoms with van der Waals surface area (Å²) in [5, 5.41) is 21.1. The molecular formula is C13H17ClN2O3. The monoisotopic (exact) mass is 284 g/mol. The normalized spacial score (nSPS) is 21.2. The lowest BCUT2D eigenvalue weighted by Crippen LogP contribution is -2.39. The van der Waals surface area contributed by atoms with Crippen molar-refractivity contribution >= 4 is 23.0 Å². The Labute approximate surface area is 116 Å². The molecule has 0 aromatic heterocycles. The van der Waals surface area contributed by atoms with Gasteiger partial charge in [0.25, 0.3) is 5.69 Å². The van der Waals surface area contributed by atoms with Gasteiger partial charge in [0.1, 0.15) is 5.69 Å². The van der Waals surface area contributed by atoms with Crippen molar-refractivity contribution < 1.29 is 10.0 Å². The van der Waals surface area contributed by atoms with E-state index >= 15 is 0 Å². The smallest absolute Gasteiger partial charge is 0.294 e. The minimum Gasteiger partial charge on any atom is -0.393 e. The number of hydrogen-bond acceptors (Lipinski definition) is 4. The van der Waals surface area contributed by atoms with Crippen LogP contribution in [0.25, 0.3) is 0 Å². The van der Waals surface area contributed by atoms with E-state index in [2.05, 4.69) is 0 Å². The van der Waals surface area contributed by atoms with Crippen molar-refractivity contribution in [1.29, 1.82) is 0 Å². The predicted octanol–water partition coefficient (Wildman–Crippen LogP) is 2.85. The number of nitro benzene ring substituents is 1. The molecular weight excluding hydrogens is 268 g/mol. The first-order chi connectivity index (χ1) is 8.99. The van der Waals surface area contributed by atoms with E-state index in [0.717, 1.165) is 19.4 Å². The number of nitrogens with zero attached hydrogens (tertiary/aromatic N) is 2. The van der Waals surface area contributed by atoms with Crippen molar-refractivity contribution in [1.82, 2.24) is 0 Å². The van der Waals surface area contributed by atoms with Gasteiger partial charge in [0.2, 0.25) is 0 Å². The average molecular weight is 285 g/mol. The number of rotatable bonds is 3. The molecule has 104 valence electrons. The number of anilines is 1. The molecule has 6 heteroatoms. The number of nitro groups is 1. The molecule has 2 unspecified atom stereocenters. The molecule has 1 aromatic rings. The lowest BCUT2D eigenvalue weighted by Gasteiger charge is -2.35. The molecule has 0 amide bonds. The Morgan fingerprint density at radius 3 is 2.95 bits per heavy atom. The van der Waals surface area contributed by atoms with Gasteiger partial charge in [-0.1, -0.05) is 11.6 Å². The Kier molecular flexibility index (Phi) is 4.27. The molecule has 1 saturated heterocycles. The van der Waals surface area contributed by atoms with E-state index in [9.17, 15) is 15.2 Å². The highest BCUT2D eigenvalue weighted by atomic mass is 35.5. The maximum atomic E-state index is 11.1. The second kappa shape index (κ2) is 5.75. The van der Waals surface area contributed by atoms with Gasteiger partial charge in [-0.15, -0.1) is 0 Å². The van der Waals surface area contributed by atoms with E-state index < -0.39 is 11.0 Å². The van der Waals surface area contributed by atoms with Gasteiger partial charge in [-0.3, -0.25) is 10.1 Å². The van der Waals surface area contributed by atoms with E-state index in [1.165, 1.54) is 6.07 Å². The third kappa shape index (κ3) is 3.16. The number of hydrogen-bond donors (Lipinski definition) is 1. The molecule has 1 N–H and O–H groups in total. The summed E-state index contributed by atoms with van der Waals surface area (Å²) in [5.74, 6) is 0.157. The minimum atomic E-state index is -0.410. The molecule has 19 heavy (non-hydrogen) atoms. The van der Waals surface area contributed by atoms with Gasteiger partial charge in [-0.2, -0.15) is 0 Å². The first-order valence-electron chi connectivity index (χ1n) is 6.36. The predicted molar refractivity (Wildman–Crippen MR) is 74.7 cm³/mol. The summed E-state index contributed by atoms with van der Waals surface area (Å²) in [6.45, 7) is 3.18. The van der Waals surface area contributed by atoms with Crippen molar-refractivity contribution in [3.8, 4) is 0 Å². The van der Waals surface area contributed by atoms with Crippen LogP contribution in [0.1, 0.15) is 19.8 Å². The van der Waals surface area contributed by atoms with Crippen LogP contribution < -0.4 is 4.90 Å². The molecule has 1 aliphatic rings. The highest BCUT2D eigenvalue weighted by Crippen LogP contribution is 2.34. The summed E-state index contributed by atoms with van der Waals surface area (Å²) < 4.78 is 0. The molecule has 2 rings (SSSR count). The summed E-state index contributed by atoms with van der Waals surface area (Å²) >= 11 is 5.82.